The smallest absolute Gasteiger partial charge is 0.309 e. The van der Waals surface area contributed by atoms with E-state index in [4.69, 9.17) is 5.73 Å². The van der Waals surface area contributed by atoms with Gasteiger partial charge in [0, 0.05) is 5.54 Å². The molecule has 0 aromatic carbocycles. The van der Waals surface area contributed by atoms with Gasteiger partial charge in [-0.05, 0) is 55.8 Å². The normalized spacial score (nSPS) is 29.2. The van der Waals surface area contributed by atoms with Crippen LogP contribution in [-0.2, 0) is 14.4 Å². The first kappa shape index (κ1) is 22.9. The summed E-state index contributed by atoms with van der Waals surface area (Å²) >= 11 is 0. The number of aliphatic carboxylic acids is 1. The van der Waals surface area contributed by atoms with Crippen molar-refractivity contribution < 1.29 is 19.5 Å². The standard InChI is InChI=1S/C22H38N2O4/c1-5-6-7-8-21-9-12-22(13-10-21,14-11-21)24-18(26)17(25)16(23)15(19(27)28)20(2,3)4/h15-16H,5-14,23H2,1-4H3,(H,24,26)(H,27,28)/t15?,16-,21?,22?/m0/s1. The number of carbonyl (C=O) groups is 3. The second kappa shape index (κ2) is 8.52. The van der Waals surface area contributed by atoms with Crippen molar-refractivity contribution in [3.05, 3.63) is 0 Å². The molecule has 6 nitrogen and oxygen atoms in total. The fraction of sp³-hybridized carbons (Fsp3) is 0.864. The molecule has 0 heterocycles. The Morgan fingerprint density at radius 2 is 1.57 bits per heavy atom. The topological polar surface area (TPSA) is 109 Å². The van der Waals surface area contributed by atoms with Gasteiger partial charge in [0.25, 0.3) is 5.91 Å². The van der Waals surface area contributed by atoms with Crippen molar-refractivity contribution in [3.8, 4) is 0 Å². The molecule has 3 aliphatic rings. The summed E-state index contributed by atoms with van der Waals surface area (Å²) in [5.41, 5.74) is 5.33. The zero-order valence-corrected chi connectivity index (χ0v) is 18.0. The van der Waals surface area contributed by atoms with Crippen LogP contribution in [0.4, 0.5) is 0 Å². The van der Waals surface area contributed by atoms with E-state index in [9.17, 15) is 19.5 Å². The van der Waals surface area contributed by atoms with E-state index >= 15 is 0 Å². The fourth-order valence-electron chi connectivity index (χ4n) is 5.24. The zero-order chi connectivity index (χ0) is 21.2. The van der Waals surface area contributed by atoms with Crippen molar-refractivity contribution in [2.45, 2.75) is 103 Å². The van der Waals surface area contributed by atoms with Crippen molar-refractivity contribution in [2.75, 3.05) is 0 Å². The number of unbranched alkanes of at least 4 members (excludes halogenated alkanes) is 2. The van der Waals surface area contributed by atoms with Gasteiger partial charge in [-0.2, -0.15) is 0 Å². The molecule has 4 N–H and O–H groups in total. The molecule has 160 valence electrons. The molecule has 28 heavy (non-hydrogen) atoms. The third-order valence-corrected chi connectivity index (χ3v) is 7.18. The van der Waals surface area contributed by atoms with Crippen LogP contribution in [0.25, 0.3) is 0 Å². The Labute approximate surface area is 169 Å². The van der Waals surface area contributed by atoms with E-state index in [1.807, 2.05) is 0 Å². The molecule has 0 saturated heterocycles. The Morgan fingerprint density at radius 1 is 1.04 bits per heavy atom. The molecule has 0 aromatic rings. The number of hydrogen-bond acceptors (Lipinski definition) is 4. The summed E-state index contributed by atoms with van der Waals surface area (Å²) in [7, 11) is 0. The average Bonchev–Trinajstić information content (AvgIpc) is 2.61. The van der Waals surface area contributed by atoms with E-state index in [0.717, 1.165) is 38.5 Å². The van der Waals surface area contributed by atoms with Crippen LogP contribution in [0.5, 0.6) is 0 Å². The summed E-state index contributed by atoms with van der Waals surface area (Å²) in [6, 6.07) is -1.34. The molecular weight excluding hydrogens is 356 g/mol. The number of carboxylic acid groups (broad SMARTS) is 1. The van der Waals surface area contributed by atoms with E-state index in [2.05, 4.69) is 12.2 Å². The first-order chi connectivity index (χ1) is 13.0. The minimum Gasteiger partial charge on any atom is -0.481 e. The number of fused-ring (bicyclic) bond motifs is 3. The maximum absolute atomic E-state index is 12.6. The Morgan fingerprint density at radius 3 is 2.00 bits per heavy atom. The number of hydrogen-bond donors (Lipinski definition) is 3. The van der Waals surface area contributed by atoms with Gasteiger partial charge in [-0.25, -0.2) is 0 Å². The van der Waals surface area contributed by atoms with Gasteiger partial charge in [0.2, 0.25) is 5.78 Å². The molecule has 0 spiro atoms. The Bertz CT molecular complexity index is 584. The highest BCUT2D eigenvalue weighted by Crippen LogP contribution is 2.54. The lowest BCUT2D eigenvalue weighted by Crippen LogP contribution is -2.60. The monoisotopic (exact) mass is 394 g/mol. The Hall–Kier alpha value is -1.43. The lowest BCUT2D eigenvalue weighted by atomic mass is 9.55. The minimum absolute atomic E-state index is 0.320. The highest BCUT2D eigenvalue weighted by molar-refractivity contribution is 6.38. The fourth-order valence-corrected chi connectivity index (χ4v) is 5.24. The van der Waals surface area contributed by atoms with Crippen LogP contribution in [0.2, 0.25) is 0 Å². The van der Waals surface area contributed by atoms with E-state index in [0.29, 0.717) is 5.41 Å². The van der Waals surface area contributed by atoms with Crippen LogP contribution in [-0.4, -0.2) is 34.3 Å². The molecule has 0 aliphatic heterocycles. The number of amides is 1. The molecule has 3 rings (SSSR count). The van der Waals surface area contributed by atoms with Gasteiger partial charge in [-0.1, -0.05) is 47.0 Å². The number of carboxylic acids is 1. The van der Waals surface area contributed by atoms with Crippen molar-refractivity contribution in [1.29, 1.82) is 0 Å². The maximum atomic E-state index is 12.6. The molecule has 0 aromatic heterocycles. The molecule has 6 heteroatoms. The summed E-state index contributed by atoms with van der Waals surface area (Å²) in [6.07, 6.45) is 11.0. The summed E-state index contributed by atoms with van der Waals surface area (Å²) < 4.78 is 0. The zero-order valence-electron chi connectivity index (χ0n) is 18.0. The summed E-state index contributed by atoms with van der Waals surface area (Å²) in [5, 5.41) is 12.5. The van der Waals surface area contributed by atoms with E-state index in [1.54, 1.807) is 20.8 Å². The van der Waals surface area contributed by atoms with Crippen LogP contribution in [0.15, 0.2) is 0 Å². The summed E-state index contributed by atoms with van der Waals surface area (Å²) in [4.78, 5) is 36.9. The second-order valence-corrected chi connectivity index (χ2v) is 10.3. The first-order valence-corrected chi connectivity index (χ1v) is 10.8. The van der Waals surface area contributed by atoms with Gasteiger partial charge in [0.15, 0.2) is 0 Å². The van der Waals surface area contributed by atoms with Crippen LogP contribution >= 0.6 is 0 Å². The van der Waals surface area contributed by atoms with Crippen LogP contribution in [0, 0.1) is 16.7 Å². The van der Waals surface area contributed by atoms with Crippen molar-refractivity contribution in [3.63, 3.8) is 0 Å². The number of ketones is 1. The molecule has 3 fully saturated rings. The number of nitrogens with one attached hydrogen (secondary N) is 1. The highest BCUT2D eigenvalue weighted by Gasteiger charge is 2.50. The predicted molar refractivity (Wildman–Crippen MR) is 109 cm³/mol. The average molecular weight is 395 g/mol. The molecule has 3 aliphatic carbocycles. The van der Waals surface area contributed by atoms with Gasteiger partial charge in [0.05, 0.1) is 12.0 Å². The van der Waals surface area contributed by atoms with Crippen molar-refractivity contribution in [1.82, 2.24) is 5.32 Å². The molecule has 0 radical (unpaired) electrons. The van der Waals surface area contributed by atoms with Crippen molar-refractivity contribution in [2.24, 2.45) is 22.5 Å². The van der Waals surface area contributed by atoms with Gasteiger partial charge in [0.1, 0.15) is 0 Å². The van der Waals surface area contributed by atoms with Crippen molar-refractivity contribution >= 4 is 17.7 Å². The number of carbonyl (C=O) groups excluding carboxylic acids is 2. The molecule has 3 saturated carbocycles. The number of nitrogens with two attached hydrogens (primary N) is 1. The quantitative estimate of drug-likeness (QED) is 0.410. The van der Waals surface area contributed by atoms with E-state index < -0.39 is 35.0 Å². The van der Waals surface area contributed by atoms with Gasteiger partial charge < -0.3 is 16.2 Å². The number of Topliss-reactive ketones (excluding diaryl/α,β-unsaturated/α-hetero) is 1. The SMILES string of the molecule is CCCCCC12CCC(NC(=O)C(=O)[C@@H](N)C(C(=O)O)C(C)(C)C)(CC1)CC2. The van der Waals surface area contributed by atoms with Crippen LogP contribution < -0.4 is 11.1 Å². The third kappa shape index (κ3) is 4.94. The van der Waals surface area contributed by atoms with E-state index in [1.165, 1.54) is 25.7 Å². The molecular formula is C22H38N2O4. The highest BCUT2D eigenvalue weighted by atomic mass is 16.4. The third-order valence-electron chi connectivity index (χ3n) is 7.18. The first-order valence-electron chi connectivity index (χ1n) is 10.8. The van der Waals surface area contributed by atoms with Crippen LogP contribution in [0.3, 0.4) is 0 Å². The predicted octanol–water partition coefficient (Wildman–Crippen LogP) is 3.42. The summed E-state index contributed by atoms with van der Waals surface area (Å²) in [6.45, 7) is 7.37. The molecule has 1 amide bonds. The van der Waals surface area contributed by atoms with E-state index in [-0.39, 0.29) is 5.54 Å². The second-order valence-electron chi connectivity index (χ2n) is 10.3. The lowest BCUT2D eigenvalue weighted by Gasteiger charge is -2.54. The van der Waals surface area contributed by atoms with Gasteiger partial charge >= 0.3 is 5.97 Å². The number of rotatable bonds is 9. The molecule has 2 atom stereocenters. The molecule has 1 unspecified atom stereocenters. The molecule has 2 bridgehead atoms. The Kier molecular flexibility index (Phi) is 6.95. The Balaban J connectivity index is 1.98. The van der Waals surface area contributed by atoms with Crippen LogP contribution in [0.1, 0.15) is 91.9 Å². The lowest BCUT2D eigenvalue weighted by molar-refractivity contribution is -0.151. The van der Waals surface area contributed by atoms with Gasteiger partial charge in [-0.3, -0.25) is 14.4 Å². The van der Waals surface area contributed by atoms with Gasteiger partial charge in [-0.15, -0.1) is 0 Å². The maximum Gasteiger partial charge on any atom is 0.309 e. The largest absolute Gasteiger partial charge is 0.481 e. The minimum atomic E-state index is -1.34. The summed E-state index contributed by atoms with van der Waals surface area (Å²) in [5.74, 6) is -3.79.